The van der Waals surface area contributed by atoms with Gasteiger partial charge in [0.05, 0.1) is 13.2 Å². The highest BCUT2D eigenvalue weighted by Crippen LogP contribution is 2.34. The second-order valence-electron chi connectivity index (χ2n) is 4.47. The molecule has 1 aromatic carbocycles. The Hall–Kier alpha value is -1.37. The van der Waals surface area contributed by atoms with Crippen molar-refractivity contribution in [3.05, 3.63) is 57.8 Å². The lowest BCUT2D eigenvalue weighted by Crippen LogP contribution is -2.28. The van der Waals surface area contributed by atoms with Crippen LogP contribution in [-0.2, 0) is 0 Å². The van der Waals surface area contributed by atoms with Crippen molar-refractivity contribution in [2.45, 2.75) is 13.3 Å². The van der Waals surface area contributed by atoms with E-state index in [4.69, 9.17) is 4.74 Å². The van der Waals surface area contributed by atoms with Crippen molar-refractivity contribution in [1.29, 1.82) is 0 Å². The van der Waals surface area contributed by atoms with Crippen LogP contribution in [0.3, 0.4) is 0 Å². The number of halogens is 3. The molecule has 1 aromatic rings. The fourth-order valence-electron chi connectivity index (χ4n) is 2.10. The van der Waals surface area contributed by atoms with Crippen LogP contribution in [0.1, 0.15) is 12.5 Å². The molecule has 0 unspecified atom stereocenters. The Morgan fingerprint density at radius 2 is 1.90 bits per heavy atom. The largest absolute Gasteiger partial charge is 0.494 e. The zero-order chi connectivity index (χ0) is 15.4. The van der Waals surface area contributed by atoms with Gasteiger partial charge in [-0.3, -0.25) is 0 Å². The summed E-state index contributed by atoms with van der Waals surface area (Å²) in [5, 5.41) is 0. The number of rotatable bonds is 5. The first-order chi connectivity index (χ1) is 10.0. The molecule has 0 bridgehead atoms. The van der Waals surface area contributed by atoms with Crippen LogP contribution in [0, 0.1) is 0 Å². The summed E-state index contributed by atoms with van der Waals surface area (Å²) < 4.78 is 31.9. The Morgan fingerprint density at radius 1 is 1.24 bits per heavy atom. The monoisotopic (exact) mass is 403 g/mol. The van der Waals surface area contributed by atoms with Crippen LogP contribution in [0.5, 0.6) is 5.75 Å². The zero-order valence-electron chi connectivity index (χ0n) is 11.7. The predicted octanol–water partition coefficient (Wildman–Crippen LogP) is 4.84. The van der Waals surface area contributed by atoms with Crippen molar-refractivity contribution in [2.24, 2.45) is 0 Å². The maximum atomic E-state index is 12.8. The second-order valence-corrected chi connectivity index (χ2v) is 5.63. The van der Waals surface area contributed by atoms with Gasteiger partial charge in [0, 0.05) is 15.0 Å². The molecule has 1 aliphatic rings. The van der Waals surface area contributed by atoms with Crippen LogP contribution >= 0.6 is 22.6 Å². The van der Waals surface area contributed by atoms with Crippen LogP contribution < -0.4 is 4.74 Å². The van der Waals surface area contributed by atoms with Crippen molar-refractivity contribution in [3.8, 4) is 5.75 Å². The van der Waals surface area contributed by atoms with E-state index in [-0.39, 0.29) is 6.54 Å². The minimum atomic E-state index is -2.42. The first-order valence-electron chi connectivity index (χ1n) is 6.58. The molecule has 0 spiro atoms. The van der Waals surface area contributed by atoms with Gasteiger partial charge in [-0.2, -0.15) is 0 Å². The highest BCUT2D eigenvalue weighted by molar-refractivity contribution is 14.1. The molecule has 0 saturated heterocycles. The van der Waals surface area contributed by atoms with Gasteiger partial charge in [-0.05, 0) is 71.5 Å². The molecule has 2 rings (SSSR count). The summed E-state index contributed by atoms with van der Waals surface area (Å²) in [6, 6.07) is 7.42. The molecule has 1 heterocycles. The normalized spacial score (nSPS) is 15.1. The van der Waals surface area contributed by atoms with E-state index in [1.165, 1.54) is 0 Å². The standard InChI is InChI=1S/C16H16F2INO/c1-3-21-13-6-4-12(5-7-13)15-9-8-14(19)11(2)20(15)10-16(17)18/h4-9,16H,2-3,10H2,1H3. The summed E-state index contributed by atoms with van der Waals surface area (Å²) in [5.74, 6) is 0.766. The van der Waals surface area contributed by atoms with Crippen molar-refractivity contribution >= 4 is 28.3 Å². The van der Waals surface area contributed by atoms with Gasteiger partial charge in [-0.15, -0.1) is 0 Å². The van der Waals surface area contributed by atoms with E-state index in [1.54, 1.807) is 4.90 Å². The quantitative estimate of drug-likeness (QED) is 0.653. The summed E-state index contributed by atoms with van der Waals surface area (Å²) in [7, 11) is 0. The van der Waals surface area contributed by atoms with E-state index in [0.29, 0.717) is 12.3 Å². The molecular formula is C16H16F2INO. The third kappa shape index (κ3) is 3.84. The molecule has 0 saturated carbocycles. The Bertz CT molecular complexity index is 578. The fourth-order valence-corrected chi connectivity index (χ4v) is 2.57. The van der Waals surface area contributed by atoms with Crippen LogP contribution in [0.25, 0.3) is 5.70 Å². The van der Waals surface area contributed by atoms with Gasteiger partial charge in [0.25, 0.3) is 6.43 Å². The summed E-state index contributed by atoms with van der Waals surface area (Å²) >= 11 is 2.10. The SMILES string of the molecule is C=C1C(I)=CC=C(c2ccc(OCC)cc2)N1CC(F)F. The fraction of sp³-hybridized carbons (Fsp3) is 0.250. The Labute approximate surface area is 136 Å². The third-order valence-corrected chi connectivity index (χ3v) is 4.04. The van der Waals surface area contributed by atoms with Gasteiger partial charge in [0.1, 0.15) is 5.75 Å². The smallest absolute Gasteiger partial charge is 0.256 e. The Balaban J connectivity index is 2.31. The van der Waals surface area contributed by atoms with E-state index >= 15 is 0 Å². The summed E-state index contributed by atoms with van der Waals surface area (Å²) in [4.78, 5) is 1.56. The molecule has 0 atom stereocenters. The average Bonchev–Trinajstić information content (AvgIpc) is 2.45. The van der Waals surface area contributed by atoms with Crippen LogP contribution in [-0.4, -0.2) is 24.5 Å². The first kappa shape index (κ1) is 16.0. The zero-order valence-corrected chi connectivity index (χ0v) is 13.8. The van der Waals surface area contributed by atoms with Crippen LogP contribution in [0.2, 0.25) is 0 Å². The van der Waals surface area contributed by atoms with Gasteiger partial charge < -0.3 is 9.64 Å². The molecule has 2 nitrogen and oxygen atoms in total. The number of nitrogens with zero attached hydrogens (tertiary/aromatic N) is 1. The third-order valence-electron chi connectivity index (χ3n) is 3.06. The molecule has 0 N–H and O–H groups in total. The number of hydrogen-bond donors (Lipinski definition) is 0. The summed E-state index contributed by atoms with van der Waals surface area (Å²) in [6.45, 7) is 6.05. The molecule has 21 heavy (non-hydrogen) atoms. The molecular weight excluding hydrogens is 387 g/mol. The van der Waals surface area contributed by atoms with Gasteiger partial charge in [-0.1, -0.05) is 6.58 Å². The molecule has 0 fully saturated rings. The lowest BCUT2D eigenvalue weighted by atomic mass is 10.1. The second kappa shape index (κ2) is 7.06. The average molecular weight is 403 g/mol. The number of alkyl halides is 2. The van der Waals surface area contributed by atoms with Crippen LogP contribution in [0.4, 0.5) is 8.78 Å². The molecule has 0 aliphatic carbocycles. The minimum absolute atomic E-state index is 0.363. The summed E-state index contributed by atoms with van der Waals surface area (Å²) in [5.41, 5.74) is 2.19. The number of benzene rings is 1. The molecule has 0 aromatic heterocycles. The molecule has 0 radical (unpaired) electrons. The topological polar surface area (TPSA) is 12.5 Å². The highest BCUT2D eigenvalue weighted by atomic mass is 127. The van der Waals surface area contributed by atoms with Gasteiger partial charge in [0.2, 0.25) is 0 Å². The first-order valence-corrected chi connectivity index (χ1v) is 7.66. The number of ether oxygens (including phenoxy) is 1. The Kier molecular flexibility index (Phi) is 5.39. The maximum Gasteiger partial charge on any atom is 0.256 e. The van der Waals surface area contributed by atoms with E-state index < -0.39 is 6.43 Å². The minimum Gasteiger partial charge on any atom is -0.494 e. The molecule has 5 heteroatoms. The molecule has 112 valence electrons. The van der Waals surface area contributed by atoms with E-state index in [9.17, 15) is 8.78 Å². The lowest BCUT2D eigenvalue weighted by Gasteiger charge is -2.31. The van der Waals surface area contributed by atoms with Crippen molar-refractivity contribution in [1.82, 2.24) is 4.90 Å². The molecule has 0 amide bonds. The predicted molar refractivity (Wildman–Crippen MR) is 89.5 cm³/mol. The number of allylic oxidation sites excluding steroid dienone is 3. The van der Waals surface area contributed by atoms with Crippen LogP contribution in [0.15, 0.2) is 52.3 Å². The van der Waals surface area contributed by atoms with E-state index in [1.807, 2.05) is 43.3 Å². The summed E-state index contributed by atoms with van der Waals surface area (Å²) in [6.07, 6.45) is 1.31. The molecule has 1 aliphatic heterocycles. The highest BCUT2D eigenvalue weighted by Gasteiger charge is 2.22. The van der Waals surface area contributed by atoms with Gasteiger partial charge >= 0.3 is 0 Å². The van der Waals surface area contributed by atoms with Gasteiger partial charge in [0.15, 0.2) is 0 Å². The number of hydrogen-bond acceptors (Lipinski definition) is 2. The maximum absolute atomic E-state index is 12.8. The van der Waals surface area contributed by atoms with Crippen molar-refractivity contribution < 1.29 is 13.5 Å². The van der Waals surface area contributed by atoms with Gasteiger partial charge in [-0.25, -0.2) is 8.78 Å². The van der Waals surface area contributed by atoms with Crippen molar-refractivity contribution in [3.63, 3.8) is 0 Å². The van der Waals surface area contributed by atoms with E-state index in [0.717, 1.165) is 20.6 Å². The Morgan fingerprint density at radius 3 is 2.48 bits per heavy atom. The van der Waals surface area contributed by atoms with E-state index in [2.05, 4.69) is 29.2 Å². The van der Waals surface area contributed by atoms with Crippen molar-refractivity contribution in [2.75, 3.05) is 13.2 Å². The lowest BCUT2D eigenvalue weighted by molar-refractivity contribution is 0.123.